The Morgan fingerprint density at radius 1 is 0.652 bits per heavy atom. The second kappa shape index (κ2) is 25.5. The van der Waals surface area contributed by atoms with E-state index in [0.717, 1.165) is 89.5 Å². The Morgan fingerprint density at radius 2 is 1.14 bits per heavy atom. The lowest BCUT2D eigenvalue weighted by Crippen LogP contribution is -2.29. The van der Waals surface area contributed by atoms with Crippen LogP contribution in [-0.2, 0) is 9.47 Å². The fourth-order valence-corrected chi connectivity index (χ4v) is 8.55. The SMILES string of the molecule is C.C.COc1nccc2ccc(NC3CCC(CNc4ncc(Br)cn4)CC3)nc12.COc1nccc2ccc(NC3CCC(CNc4ncc(N5CCOC5=O)cn4)CC3)nc12.O=C1NCCO1. The molecule has 2 aliphatic carbocycles. The van der Waals surface area contributed by atoms with Crippen molar-refractivity contribution in [3.05, 3.63) is 78.1 Å². The van der Waals surface area contributed by atoms with Crippen molar-refractivity contribution < 1.29 is 28.5 Å². The standard InChI is InChI=1S/C23H27N7O3.C20H23BrN6O.C3H5NO2.2CH4/c1-32-21-20-16(8-9-24-21)4-7-19(29-20)28-17-5-2-15(3-6-17)12-25-22-26-13-18(14-27-22)30-10-11-33-23(30)31;1-28-19-18-14(8-9-22-19)4-7-17(27-18)26-16-5-2-13(3-6-16)10-23-20-24-11-15(21)12-25-20;5-3-4-1-2-6-3;;/h4,7-9,13-15,17H,2-3,5-6,10-12H2,1H3,(H,28,29)(H,25,26,27);4,7-9,11-13,16H,2-3,5-6,10H2,1H3,(H,26,27)(H,23,24,25);1-2H2,(H,4,5);2*1H4. The average molecular weight is 1010 g/mol. The van der Waals surface area contributed by atoms with Crippen molar-refractivity contribution in [3.63, 3.8) is 0 Å². The van der Waals surface area contributed by atoms with Crippen LogP contribution in [0.4, 0.5) is 38.8 Å². The number of nitrogens with one attached hydrogen (secondary N) is 5. The molecule has 368 valence electrons. The van der Waals surface area contributed by atoms with Gasteiger partial charge in [-0.3, -0.25) is 4.90 Å². The van der Waals surface area contributed by atoms with Crippen LogP contribution in [0.2, 0.25) is 0 Å². The summed E-state index contributed by atoms with van der Waals surface area (Å²) in [6.45, 7) is 3.86. The predicted octanol–water partition coefficient (Wildman–Crippen LogP) is 8.74. The molecule has 0 bridgehead atoms. The number of rotatable bonds is 13. The van der Waals surface area contributed by atoms with Crippen molar-refractivity contribution >= 4 is 79.1 Å². The van der Waals surface area contributed by atoms with Gasteiger partial charge in [-0.25, -0.2) is 49.5 Å². The van der Waals surface area contributed by atoms with Gasteiger partial charge < -0.3 is 45.5 Å². The molecule has 6 aromatic rings. The molecule has 8 heterocycles. The Morgan fingerprint density at radius 3 is 1.55 bits per heavy atom. The van der Waals surface area contributed by atoms with E-state index in [-0.39, 0.29) is 27.0 Å². The molecule has 2 saturated carbocycles. The van der Waals surface area contributed by atoms with Crippen molar-refractivity contribution in [2.24, 2.45) is 11.8 Å². The van der Waals surface area contributed by atoms with Gasteiger partial charge in [0, 0.05) is 60.7 Å². The van der Waals surface area contributed by atoms with Gasteiger partial charge in [0.05, 0.1) is 49.9 Å². The zero-order valence-corrected chi connectivity index (χ0v) is 39.1. The number of carbonyl (C=O) groups is 2. The number of aromatic nitrogens is 8. The van der Waals surface area contributed by atoms with Gasteiger partial charge in [0.1, 0.15) is 35.9 Å². The molecule has 0 aromatic carbocycles. The summed E-state index contributed by atoms with van der Waals surface area (Å²) < 4.78 is 20.9. The molecular weight excluding hydrogens is 949 g/mol. The molecule has 2 aliphatic heterocycles. The zero-order valence-electron chi connectivity index (χ0n) is 37.5. The number of cyclic esters (lactones) is 2. The van der Waals surface area contributed by atoms with Crippen LogP contribution in [0.1, 0.15) is 66.2 Å². The molecule has 2 amide bonds. The molecule has 2 saturated heterocycles. The van der Waals surface area contributed by atoms with Crippen LogP contribution in [0.3, 0.4) is 0 Å². The van der Waals surface area contributed by atoms with Crippen molar-refractivity contribution in [2.75, 3.05) is 79.8 Å². The Bertz CT molecular complexity index is 2560. The number of halogens is 1. The van der Waals surface area contributed by atoms with E-state index in [0.29, 0.717) is 79.6 Å². The van der Waals surface area contributed by atoms with Crippen molar-refractivity contribution in [1.82, 2.24) is 45.2 Å². The van der Waals surface area contributed by atoms with Crippen molar-refractivity contribution in [1.29, 1.82) is 0 Å². The normalized spacial score (nSPS) is 19.4. The van der Waals surface area contributed by atoms with E-state index in [1.807, 2.05) is 30.3 Å². The number of amides is 2. The Kier molecular flexibility index (Phi) is 19.0. The molecule has 10 rings (SSSR count). The molecule has 0 atom stereocenters. The molecule has 6 aromatic heterocycles. The first-order valence-corrected chi connectivity index (χ1v) is 23.3. The second-order valence-corrected chi connectivity index (χ2v) is 17.4. The molecule has 0 unspecified atom stereocenters. The summed E-state index contributed by atoms with van der Waals surface area (Å²) in [6, 6.07) is 12.9. The van der Waals surface area contributed by atoms with E-state index in [2.05, 4.69) is 83.2 Å². The number of pyridine rings is 4. The summed E-state index contributed by atoms with van der Waals surface area (Å²) in [7, 11) is 3.24. The van der Waals surface area contributed by atoms with Crippen LogP contribution in [0, 0.1) is 11.8 Å². The number of methoxy groups -OCH3 is 2. The highest BCUT2D eigenvalue weighted by Gasteiger charge is 2.25. The molecule has 20 nitrogen and oxygen atoms in total. The van der Waals surface area contributed by atoms with Gasteiger partial charge in [0.25, 0.3) is 0 Å². The maximum atomic E-state index is 11.6. The number of carbonyl (C=O) groups excluding carboxylic acids is 2. The van der Waals surface area contributed by atoms with Gasteiger partial charge in [0.15, 0.2) is 0 Å². The van der Waals surface area contributed by atoms with E-state index in [1.54, 1.807) is 51.4 Å². The second-order valence-electron chi connectivity index (χ2n) is 16.5. The minimum atomic E-state index is -0.348. The third-order valence-corrected chi connectivity index (χ3v) is 12.4. The largest absolute Gasteiger partial charge is 0.479 e. The summed E-state index contributed by atoms with van der Waals surface area (Å²) in [5.74, 6) is 5.30. The lowest BCUT2D eigenvalue weighted by Gasteiger charge is -2.29. The first-order chi connectivity index (χ1) is 32.8. The number of fused-ring (bicyclic) bond motifs is 2. The summed E-state index contributed by atoms with van der Waals surface area (Å²) in [5.41, 5.74) is 2.23. The summed E-state index contributed by atoms with van der Waals surface area (Å²) >= 11 is 3.35. The topological polar surface area (TPSA) is 238 Å². The third-order valence-electron chi connectivity index (χ3n) is 12.0. The van der Waals surface area contributed by atoms with E-state index < -0.39 is 0 Å². The lowest BCUT2D eigenvalue weighted by molar-refractivity contribution is 0.178. The molecule has 5 N–H and O–H groups in total. The van der Waals surface area contributed by atoms with Gasteiger partial charge in [0.2, 0.25) is 23.7 Å². The Hall–Kier alpha value is -6.90. The number of anilines is 5. The molecule has 0 radical (unpaired) electrons. The van der Waals surface area contributed by atoms with E-state index in [9.17, 15) is 9.59 Å². The fourth-order valence-electron chi connectivity index (χ4n) is 8.35. The number of ether oxygens (including phenoxy) is 4. The van der Waals surface area contributed by atoms with E-state index in [1.165, 1.54) is 17.7 Å². The Labute approximate surface area is 411 Å². The number of alkyl carbamates (subject to hydrolysis) is 1. The number of hydrogen-bond donors (Lipinski definition) is 5. The summed E-state index contributed by atoms with van der Waals surface area (Å²) in [5, 5.41) is 18.3. The average Bonchev–Trinajstić information content (AvgIpc) is 4.04. The van der Waals surface area contributed by atoms with Crippen LogP contribution in [0.15, 0.2) is 78.1 Å². The first kappa shape index (κ1) is 51.5. The van der Waals surface area contributed by atoms with Crippen molar-refractivity contribution in [3.8, 4) is 11.8 Å². The first-order valence-electron chi connectivity index (χ1n) is 22.5. The Balaban J connectivity index is 0.000000199. The quantitative estimate of drug-likeness (QED) is 0.0727. The molecule has 4 fully saturated rings. The predicted molar refractivity (Wildman–Crippen MR) is 271 cm³/mol. The maximum absolute atomic E-state index is 11.6. The fraction of sp³-hybridized carbons (Fsp3) is 0.458. The van der Waals surface area contributed by atoms with Crippen molar-refractivity contribution in [2.45, 2.75) is 78.3 Å². The van der Waals surface area contributed by atoms with Gasteiger partial charge in [-0.05, 0) is 116 Å². The summed E-state index contributed by atoms with van der Waals surface area (Å²) in [6.07, 6.45) is 18.6. The number of nitrogens with zero attached hydrogens (tertiary/aromatic N) is 9. The molecule has 4 aliphatic rings. The smallest absolute Gasteiger partial charge is 0.414 e. The van der Waals surface area contributed by atoms with Crippen LogP contribution in [0.5, 0.6) is 11.8 Å². The van der Waals surface area contributed by atoms with Crippen LogP contribution in [0.25, 0.3) is 21.8 Å². The van der Waals surface area contributed by atoms with Crippen LogP contribution in [-0.4, -0.2) is 118 Å². The third kappa shape index (κ3) is 14.3. The molecule has 0 spiro atoms. The molecular formula is C48H63BrN14O6. The molecule has 21 heteroatoms. The van der Waals surface area contributed by atoms with Crippen LogP contribution >= 0.6 is 15.9 Å². The zero-order chi connectivity index (χ0) is 46.4. The number of hydrogen-bond acceptors (Lipinski definition) is 18. The van der Waals surface area contributed by atoms with Crippen LogP contribution < -0.4 is 41.0 Å². The van der Waals surface area contributed by atoms with Gasteiger partial charge in [-0.1, -0.05) is 14.9 Å². The van der Waals surface area contributed by atoms with Gasteiger partial charge in [-0.2, -0.15) is 0 Å². The minimum Gasteiger partial charge on any atom is -0.479 e. The maximum Gasteiger partial charge on any atom is 0.414 e. The monoisotopic (exact) mass is 1010 g/mol. The van der Waals surface area contributed by atoms with Gasteiger partial charge in [-0.15, -0.1) is 0 Å². The minimum absolute atomic E-state index is 0. The van der Waals surface area contributed by atoms with Gasteiger partial charge >= 0.3 is 12.2 Å². The van der Waals surface area contributed by atoms with E-state index in [4.69, 9.17) is 24.2 Å². The highest BCUT2D eigenvalue weighted by atomic mass is 79.9. The molecule has 69 heavy (non-hydrogen) atoms. The summed E-state index contributed by atoms with van der Waals surface area (Å²) in [4.78, 5) is 58.2. The lowest BCUT2D eigenvalue weighted by atomic mass is 9.86. The highest BCUT2D eigenvalue weighted by Crippen LogP contribution is 2.30. The highest BCUT2D eigenvalue weighted by molar-refractivity contribution is 9.10. The van der Waals surface area contributed by atoms with E-state index >= 15 is 0 Å².